The maximum Gasteiger partial charge on any atom is 0.251 e. The highest BCUT2D eigenvalue weighted by Crippen LogP contribution is 2.33. The number of carbonyl (C=O) groups excluding carboxylic acids is 3. The first-order chi connectivity index (χ1) is 17.6. The predicted octanol–water partition coefficient (Wildman–Crippen LogP) is 2.25. The molecule has 0 saturated carbocycles. The summed E-state index contributed by atoms with van der Waals surface area (Å²) in [7, 11) is -3.79. The Bertz CT molecular complexity index is 1280. The van der Waals surface area contributed by atoms with E-state index in [0.717, 1.165) is 5.56 Å². The Balaban J connectivity index is 1.50. The summed E-state index contributed by atoms with van der Waals surface area (Å²) in [6, 6.07) is 7.91. The fourth-order valence-corrected chi connectivity index (χ4v) is 6.78. The van der Waals surface area contributed by atoms with Gasteiger partial charge in [0.25, 0.3) is 5.91 Å². The van der Waals surface area contributed by atoms with E-state index in [4.69, 9.17) is 0 Å². The minimum absolute atomic E-state index is 0.103. The largest absolute Gasteiger partial charge is 0.340 e. The number of fused-ring (bicyclic) bond motifs is 1. The number of benzene rings is 1. The van der Waals surface area contributed by atoms with Gasteiger partial charge in [-0.2, -0.15) is 4.31 Å². The Kier molecular flexibility index (Phi) is 7.89. The van der Waals surface area contributed by atoms with Crippen LogP contribution in [-0.4, -0.2) is 71.4 Å². The standard InChI is InChI=1S/C27H32N4O5S/c1-4-19-7-9-21(10-8-19)26(33)29-22(14-18(2)3)27(34)30-13-11-23-25(30)24(32)16-31(23)37(35,36)17-20-6-5-12-28-15-20/h4-10,12,15,18,22-23,25H,1,11,13-14,16-17H2,2-3H3,(H,29,33). The van der Waals surface area contributed by atoms with Gasteiger partial charge in [0.2, 0.25) is 15.9 Å². The van der Waals surface area contributed by atoms with E-state index in [2.05, 4.69) is 16.9 Å². The Labute approximate surface area is 217 Å². The second-order valence-corrected chi connectivity index (χ2v) is 11.9. The van der Waals surface area contributed by atoms with Crippen molar-refractivity contribution in [3.63, 3.8) is 0 Å². The molecule has 2 aliphatic rings. The molecule has 196 valence electrons. The summed E-state index contributed by atoms with van der Waals surface area (Å²) in [6.07, 6.45) is 5.48. The first-order valence-corrected chi connectivity index (χ1v) is 14.0. The average molecular weight is 525 g/mol. The Hall–Kier alpha value is -3.37. The number of sulfonamides is 1. The molecule has 10 heteroatoms. The maximum absolute atomic E-state index is 13.7. The Morgan fingerprint density at radius 2 is 1.95 bits per heavy atom. The third kappa shape index (κ3) is 5.80. The molecule has 2 aliphatic heterocycles. The van der Waals surface area contributed by atoms with Crippen molar-refractivity contribution in [1.82, 2.24) is 19.5 Å². The number of hydrogen-bond donors (Lipinski definition) is 1. The normalized spacial score (nSPS) is 20.6. The van der Waals surface area contributed by atoms with Crippen LogP contribution in [0.2, 0.25) is 0 Å². The zero-order chi connectivity index (χ0) is 26.7. The van der Waals surface area contributed by atoms with Crippen LogP contribution in [0, 0.1) is 5.92 Å². The third-order valence-corrected chi connectivity index (χ3v) is 8.62. The van der Waals surface area contributed by atoms with Gasteiger partial charge in [0.15, 0.2) is 5.78 Å². The molecule has 2 fully saturated rings. The quantitative estimate of drug-likeness (QED) is 0.538. The van der Waals surface area contributed by atoms with Crippen LogP contribution in [0.5, 0.6) is 0 Å². The lowest BCUT2D eigenvalue weighted by molar-refractivity contribution is -0.138. The smallest absolute Gasteiger partial charge is 0.251 e. The van der Waals surface area contributed by atoms with Gasteiger partial charge in [-0.3, -0.25) is 19.4 Å². The van der Waals surface area contributed by atoms with E-state index in [1.54, 1.807) is 48.7 Å². The number of aromatic nitrogens is 1. The number of nitrogens with one attached hydrogen (secondary N) is 1. The lowest BCUT2D eigenvalue weighted by Crippen LogP contribution is -2.53. The molecule has 3 heterocycles. The molecule has 3 unspecified atom stereocenters. The minimum atomic E-state index is -3.79. The lowest BCUT2D eigenvalue weighted by Gasteiger charge is -2.29. The van der Waals surface area contributed by atoms with Gasteiger partial charge < -0.3 is 10.2 Å². The molecule has 4 rings (SSSR count). The van der Waals surface area contributed by atoms with E-state index in [0.29, 0.717) is 24.0 Å². The fraction of sp³-hybridized carbons (Fsp3) is 0.407. The topological polar surface area (TPSA) is 117 Å². The molecule has 0 radical (unpaired) electrons. The number of rotatable bonds is 9. The monoisotopic (exact) mass is 524 g/mol. The van der Waals surface area contributed by atoms with Crippen molar-refractivity contribution in [1.29, 1.82) is 0 Å². The lowest BCUT2D eigenvalue weighted by atomic mass is 10.0. The summed E-state index contributed by atoms with van der Waals surface area (Å²) in [4.78, 5) is 45.0. The highest BCUT2D eigenvalue weighted by molar-refractivity contribution is 7.88. The molecule has 2 aromatic rings. The van der Waals surface area contributed by atoms with Gasteiger partial charge in [0, 0.05) is 24.5 Å². The third-order valence-electron chi connectivity index (χ3n) is 6.81. The van der Waals surface area contributed by atoms with Crippen molar-refractivity contribution in [3.05, 3.63) is 72.1 Å². The average Bonchev–Trinajstić information content (AvgIpc) is 3.45. The van der Waals surface area contributed by atoms with E-state index in [-0.39, 0.29) is 42.4 Å². The van der Waals surface area contributed by atoms with Crippen LogP contribution in [0.1, 0.15) is 48.2 Å². The molecule has 1 N–H and O–H groups in total. The molecule has 3 atom stereocenters. The summed E-state index contributed by atoms with van der Waals surface area (Å²) in [5.41, 5.74) is 1.82. The summed E-state index contributed by atoms with van der Waals surface area (Å²) < 4.78 is 27.6. The van der Waals surface area contributed by atoms with Gasteiger partial charge in [-0.25, -0.2) is 8.42 Å². The number of amides is 2. The van der Waals surface area contributed by atoms with E-state index >= 15 is 0 Å². The number of nitrogens with zero attached hydrogens (tertiary/aromatic N) is 3. The fourth-order valence-electron chi connectivity index (χ4n) is 5.06. The molecule has 1 aromatic heterocycles. The van der Waals surface area contributed by atoms with Crippen LogP contribution in [0.15, 0.2) is 55.4 Å². The summed E-state index contributed by atoms with van der Waals surface area (Å²) in [6.45, 7) is 7.59. The number of carbonyl (C=O) groups is 3. The van der Waals surface area contributed by atoms with E-state index in [1.807, 2.05) is 13.8 Å². The summed E-state index contributed by atoms with van der Waals surface area (Å²) in [5.74, 6) is -1.21. The second kappa shape index (κ2) is 10.9. The summed E-state index contributed by atoms with van der Waals surface area (Å²) >= 11 is 0. The molecule has 37 heavy (non-hydrogen) atoms. The van der Waals surface area contributed by atoms with Crippen LogP contribution in [0.3, 0.4) is 0 Å². The highest BCUT2D eigenvalue weighted by atomic mass is 32.2. The first-order valence-electron chi connectivity index (χ1n) is 12.4. The minimum Gasteiger partial charge on any atom is -0.340 e. The number of ketones is 1. The molecule has 9 nitrogen and oxygen atoms in total. The molecular formula is C27H32N4O5S. The molecule has 0 spiro atoms. The molecule has 2 amide bonds. The van der Waals surface area contributed by atoms with Crippen molar-refractivity contribution in [2.24, 2.45) is 5.92 Å². The maximum atomic E-state index is 13.7. The van der Waals surface area contributed by atoms with E-state index in [1.165, 1.54) is 15.4 Å². The van der Waals surface area contributed by atoms with Crippen molar-refractivity contribution in [2.75, 3.05) is 13.1 Å². The predicted molar refractivity (Wildman–Crippen MR) is 140 cm³/mol. The van der Waals surface area contributed by atoms with Crippen LogP contribution >= 0.6 is 0 Å². The van der Waals surface area contributed by atoms with Crippen LogP contribution in [0.25, 0.3) is 6.08 Å². The molecule has 0 bridgehead atoms. The number of pyridine rings is 1. The van der Waals surface area contributed by atoms with Crippen molar-refractivity contribution in [2.45, 2.75) is 50.6 Å². The van der Waals surface area contributed by atoms with Gasteiger partial charge in [0.05, 0.1) is 18.3 Å². The molecule has 1 aromatic carbocycles. The van der Waals surface area contributed by atoms with Gasteiger partial charge in [0.1, 0.15) is 12.1 Å². The van der Waals surface area contributed by atoms with Gasteiger partial charge in [-0.05, 0) is 48.1 Å². The first kappa shape index (κ1) is 26.7. The van der Waals surface area contributed by atoms with Gasteiger partial charge >= 0.3 is 0 Å². The molecular weight excluding hydrogens is 492 g/mol. The van der Waals surface area contributed by atoms with Gasteiger partial charge in [-0.1, -0.05) is 44.7 Å². The highest BCUT2D eigenvalue weighted by Gasteiger charge is 2.54. The zero-order valence-corrected chi connectivity index (χ0v) is 21.9. The Morgan fingerprint density at radius 1 is 1.22 bits per heavy atom. The Morgan fingerprint density at radius 3 is 2.57 bits per heavy atom. The number of likely N-dealkylation sites (tertiary alicyclic amines) is 1. The van der Waals surface area contributed by atoms with Crippen LogP contribution in [-0.2, 0) is 25.4 Å². The van der Waals surface area contributed by atoms with Crippen LogP contribution < -0.4 is 5.32 Å². The number of Topliss-reactive ketones (excluding diaryl/α,β-unsaturated/α-hetero) is 1. The summed E-state index contributed by atoms with van der Waals surface area (Å²) in [5, 5.41) is 2.84. The van der Waals surface area contributed by atoms with E-state index in [9.17, 15) is 22.8 Å². The van der Waals surface area contributed by atoms with Crippen LogP contribution in [0.4, 0.5) is 0 Å². The molecule has 2 saturated heterocycles. The number of hydrogen-bond acceptors (Lipinski definition) is 6. The van der Waals surface area contributed by atoms with E-state index < -0.39 is 28.1 Å². The van der Waals surface area contributed by atoms with Gasteiger partial charge in [-0.15, -0.1) is 0 Å². The SMILES string of the molecule is C=Cc1ccc(C(=O)NC(CC(C)C)C(=O)N2CCC3C2C(=O)CN3S(=O)(=O)Cc2cccnc2)cc1. The molecule has 0 aliphatic carbocycles. The zero-order valence-electron chi connectivity index (χ0n) is 21.0. The van der Waals surface area contributed by atoms with Crippen molar-refractivity contribution >= 4 is 33.7 Å². The second-order valence-electron chi connectivity index (χ2n) is 9.94. The van der Waals surface area contributed by atoms with Crippen molar-refractivity contribution < 1.29 is 22.8 Å². The van der Waals surface area contributed by atoms with Crippen molar-refractivity contribution in [3.8, 4) is 0 Å².